The Bertz CT molecular complexity index is 408. The lowest BCUT2D eigenvalue weighted by Crippen LogP contribution is -2.28. The van der Waals surface area contributed by atoms with Crippen molar-refractivity contribution in [2.45, 2.75) is 18.9 Å². The lowest BCUT2D eigenvalue weighted by atomic mass is 10.2. The second kappa shape index (κ2) is 5.20. The molecule has 1 unspecified atom stereocenters. The van der Waals surface area contributed by atoms with Gasteiger partial charge in [0.05, 0.1) is 5.56 Å². The quantitative estimate of drug-likeness (QED) is 0.876. The van der Waals surface area contributed by atoms with Crippen molar-refractivity contribution in [2.75, 3.05) is 13.2 Å². The van der Waals surface area contributed by atoms with Crippen molar-refractivity contribution in [1.29, 1.82) is 5.26 Å². The number of rotatable bonds is 3. The van der Waals surface area contributed by atoms with Gasteiger partial charge in [-0.1, -0.05) is 11.6 Å². The fraction of sp³-hybridized carbons (Fsp3) is 0.417. The van der Waals surface area contributed by atoms with E-state index in [2.05, 4.69) is 11.4 Å². The maximum atomic E-state index is 8.91. The van der Waals surface area contributed by atoms with Crippen LogP contribution in [-0.4, -0.2) is 19.2 Å². The Hall–Kier alpha value is -1.24. The molecule has 1 saturated heterocycles. The highest BCUT2D eigenvalue weighted by Gasteiger charge is 2.15. The molecular weight excluding hydrogens is 224 g/mol. The minimum absolute atomic E-state index is 0.394. The molecule has 3 nitrogen and oxygen atoms in total. The summed E-state index contributed by atoms with van der Waals surface area (Å²) in [6, 6.07) is 7.55. The molecule has 0 spiro atoms. The van der Waals surface area contributed by atoms with Crippen LogP contribution in [0.25, 0.3) is 0 Å². The normalized spacial score (nSPS) is 19.4. The van der Waals surface area contributed by atoms with Crippen LogP contribution < -0.4 is 10.1 Å². The molecule has 2 rings (SSSR count). The number of ether oxygens (including phenoxy) is 1. The van der Waals surface area contributed by atoms with Gasteiger partial charge in [0.2, 0.25) is 0 Å². The average molecular weight is 237 g/mol. The zero-order chi connectivity index (χ0) is 11.4. The van der Waals surface area contributed by atoms with E-state index in [1.165, 1.54) is 6.42 Å². The summed E-state index contributed by atoms with van der Waals surface area (Å²) in [5.41, 5.74) is 0.530. The SMILES string of the molecule is N#Cc1ccc(Cl)cc1OCC1CCCN1. The molecule has 1 aliphatic heterocycles. The van der Waals surface area contributed by atoms with Gasteiger partial charge in [-0.3, -0.25) is 0 Å². The van der Waals surface area contributed by atoms with Crippen molar-refractivity contribution < 1.29 is 4.74 Å². The van der Waals surface area contributed by atoms with Gasteiger partial charge in [-0.2, -0.15) is 5.26 Å². The van der Waals surface area contributed by atoms with E-state index in [1.54, 1.807) is 18.2 Å². The second-order valence-electron chi connectivity index (χ2n) is 3.86. The van der Waals surface area contributed by atoms with E-state index in [1.807, 2.05) is 0 Å². The predicted molar refractivity (Wildman–Crippen MR) is 62.7 cm³/mol. The van der Waals surface area contributed by atoms with E-state index in [4.69, 9.17) is 21.6 Å². The number of hydrogen-bond acceptors (Lipinski definition) is 3. The first-order valence-electron chi connectivity index (χ1n) is 5.35. The molecule has 0 amide bonds. The zero-order valence-corrected chi connectivity index (χ0v) is 9.63. The van der Waals surface area contributed by atoms with E-state index in [0.717, 1.165) is 13.0 Å². The molecule has 1 fully saturated rings. The molecular formula is C12H13ClN2O. The minimum atomic E-state index is 0.394. The molecule has 4 heteroatoms. The molecule has 84 valence electrons. The van der Waals surface area contributed by atoms with Gasteiger partial charge in [0.25, 0.3) is 0 Å². The number of nitrogens with zero attached hydrogens (tertiary/aromatic N) is 1. The summed E-state index contributed by atoms with van der Waals surface area (Å²) < 4.78 is 5.62. The number of halogens is 1. The first kappa shape index (κ1) is 11.3. The Labute approximate surface area is 100.0 Å². The summed E-state index contributed by atoms with van der Waals surface area (Å²) in [7, 11) is 0. The maximum absolute atomic E-state index is 8.91. The monoisotopic (exact) mass is 236 g/mol. The molecule has 0 aliphatic carbocycles. The molecule has 1 atom stereocenters. The topological polar surface area (TPSA) is 45.0 Å². The van der Waals surface area contributed by atoms with Gasteiger partial charge in [-0.25, -0.2) is 0 Å². The lowest BCUT2D eigenvalue weighted by Gasteiger charge is -2.13. The van der Waals surface area contributed by atoms with Crippen LogP contribution in [0, 0.1) is 11.3 Å². The van der Waals surface area contributed by atoms with Crippen LogP contribution in [0.15, 0.2) is 18.2 Å². The van der Waals surface area contributed by atoms with Gasteiger partial charge >= 0.3 is 0 Å². The van der Waals surface area contributed by atoms with Gasteiger partial charge in [0, 0.05) is 17.1 Å². The van der Waals surface area contributed by atoms with Crippen LogP contribution in [0.4, 0.5) is 0 Å². The van der Waals surface area contributed by atoms with Gasteiger partial charge < -0.3 is 10.1 Å². The molecule has 0 aromatic heterocycles. The first-order valence-corrected chi connectivity index (χ1v) is 5.73. The smallest absolute Gasteiger partial charge is 0.138 e. The third-order valence-corrected chi connectivity index (χ3v) is 2.90. The molecule has 1 heterocycles. The molecule has 16 heavy (non-hydrogen) atoms. The van der Waals surface area contributed by atoms with E-state index >= 15 is 0 Å². The Morgan fingerprint density at radius 1 is 1.56 bits per heavy atom. The van der Waals surface area contributed by atoms with Gasteiger partial charge in [-0.15, -0.1) is 0 Å². The van der Waals surface area contributed by atoms with E-state index in [9.17, 15) is 0 Å². The Morgan fingerprint density at radius 2 is 2.44 bits per heavy atom. The van der Waals surface area contributed by atoms with Crippen LogP contribution in [0.5, 0.6) is 5.75 Å². The van der Waals surface area contributed by atoms with Crippen LogP contribution >= 0.6 is 11.6 Å². The summed E-state index contributed by atoms with van der Waals surface area (Å²) in [6.45, 7) is 1.64. The molecule has 0 bridgehead atoms. The molecule has 1 aromatic rings. The third kappa shape index (κ3) is 2.66. The van der Waals surface area contributed by atoms with Gasteiger partial charge in [0.1, 0.15) is 18.4 Å². The van der Waals surface area contributed by atoms with Crippen LogP contribution in [-0.2, 0) is 0 Å². The molecule has 0 radical (unpaired) electrons. The van der Waals surface area contributed by atoms with Crippen molar-refractivity contribution in [2.24, 2.45) is 0 Å². The number of benzene rings is 1. The zero-order valence-electron chi connectivity index (χ0n) is 8.87. The average Bonchev–Trinajstić information content (AvgIpc) is 2.79. The van der Waals surface area contributed by atoms with E-state index in [-0.39, 0.29) is 0 Å². The lowest BCUT2D eigenvalue weighted by molar-refractivity contribution is 0.276. The number of nitrogens with one attached hydrogen (secondary N) is 1. The summed E-state index contributed by atoms with van der Waals surface area (Å²) in [4.78, 5) is 0. The van der Waals surface area contributed by atoms with Crippen molar-refractivity contribution >= 4 is 11.6 Å². The summed E-state index contributed by atoms with van der Waals surface area (Å²) in [6.07, 6.45) is 2.32. The Balaban J connectivity index is 2.02. The highest BCUT2D eigenvalue weighted by molar-refractivity contribution is 6.30. The van der Waals surface area contributed by atoms with Crippen molar-refractivity contribution in [1.82, 2.24) is 5.32 Å². The second-order valence-corrected chi connectivity index (χ2v) is 4.29. The Kier molecular flexibility index (Phi) is 3.66. The largest absolute Gasteiger partial charge is 0.491 e. The van der Waals surface area contributed by atoms with Crippen LogP contribution in [0.2, 0.25) is 5.02 Å². The fourth-order valence-corrected chi connectivity index (χ4v) is 1.96. The van der Waals surface area contributed by atoms with Crippen LogP contribution in [0.3, 0.4) is 0 Å². The minimum Gasteiger partial charge on any atom is -0.491 e. The third-order valence-electron chi connectivity index (χ3n) is 2.67. The molecule has 1 aliphatic rings. The standard InChI is InChI=1S/C12H13ClN2O/c13-10-4-3-9(7-14)12(6-10)16-8-11-2-1-5-15-11/h3-4,6,11,15H,1-2,5,8H2. The number of nitriles is 1. The van der Waals surface area contributed by atoms with Crippen molar-refractivity contribution in [3.05, 3.63) is 28.8 Å². The summed E-state index contributed by atoms with van der Waals surface area (Å²) in [5, 5.41) is 12.8. The predicted octanol–water partition coefficient (Wildman–Crippen LogP) is 2.34. The maximum Gasteiger partial charge on any atom is 0.138 e. The van der Waals surface area contributed by atoms with Crippen molar-refractivity contribution in [3.63, 3.8) is 0 Å². The highest BCUT2D eigenvalue weighted by atomic mass is 35.5. The van der Waals surface area contributed by atoms with E-state index in [0.29, 0.717) is 29.0 Å². The molecule has 1 aromatic carbocycles. The van der Waals surface area contributed by atoms with Gasteiger partial charge in [-0.05, 0) is 31.5 Å². The fourth-order valence-electron chi connectivity index (χ4n) is 1.80. The van der Waals surface area contributed by atoms with Crippen LogP contribution in [0.1, 0.15) is 18.4 Å². The molecule has 0 saturated carbocycles. The number of hydrogen-bond donors (Lipinski definition) is 1. The summed E-state index contributed by atoms with van der Waals surface area (Å²) in [5.74, 6) is 0.573. The highest BCUT2D eigenvalue weighted by Crippen LogP contribution is 2.23. The first-order chi connectivity index (χ1) is 7.79. The van der Waals surface area contributed by atoms with E-state index < -0.39 is 0 Å². The summed E-state index contributed by atoms with van der Waals surface area (Å²) >= 11 is 5.86. The van der Waals surface area contributed by atoms with Gasteiger partial charge in [0.15, 0.2) is 0 Å². The van der Waals surface area contributed by atoms with Crippen molar-refractivity contribution in [3.8, 4) is 11.8 Å². The Morgan fingerprint density at radius 3 is 3.12 bits per heavy atom. The molecule has 1 N–H and O–H groups in total.